The summed E-state index contributed by atoms with van der Waals surface area (Å²) in [5, 5.41) is 3.08. The zero-order valence-corrected chi connectivity index (χ0v) is 26.5. The fourth-order valence-corrected chi connectivity index (χ4v) is 4.87. The third kappa shape index (κ3) is 7.49. The summed E-state index contributed by atoms with van der Waals surface area (Å²) < 4.78 is 42.9. The topological polar surface area (TPSA) is 94.0 Å². The summed E-state index contributed by atoms with van der Waals surface area (Å²) in [6.07, 6.45) is 2.03. The number of fused-ring (bicyclic) bond motifs is 1. The first-order valence-electron chi connectivity index (χ1n) is 14.4. The fourth-order valence-electron chi connectivity index (χ4n) is 4.43. The lowest BCUT2D eigenvalue weighted by atomic mass is 9.99. The number of aromatic nitrogens is 3. The summed E-state index contributed by atoms with van der Waals surface area (Å²) in [5.74, 6) is -2.21. The molecule has 0 aliphatic heterocycles. The van der Waals surface area contributed by atoms with E-state index in [1.54, 1.807) is 18.2 Å². The number of carbonyl (C=O) groups is 1. The van der Waals surface area contributed by atoms with Crippen molar-refractivity contribution >= 4 is 27.7 Å². The molecule has 1 unspecified atom stereocenters. The SMILES string of the molecule is CC.CC.Cc1ccc(C(=O)NCCc2ccccc2)cc1-c1nc(S(C)=O)nc2c1ccc(=O)n2-c1c(F)cccc1F. The van der Waals surface area contributed by atoms with E-state index in [0.717, 1.165) is 27.8 Å². The zero-order chi connectivity index (χ0) is 32.4. The number of rotatable bonds is 7. The van der Waals surface area contributed by atoms with Gasteiger partial charge in [-0.05, 0) is 54.8 Å². The fraction of sp³-hybridized carbons (Fsp3) is 0.235. The lowest BCUT2D eigenvalue weighted by Gasteiger charge is -2.15. The second kappa shape index (κ2) is 15.8. The molecule has 44 heavy (non-hydrogen) atoms. The van der Waals surface area contributed by atoms with Crippen LogP contribution in [-0.2, 0) is 17.2 Å². The molecule has 5 aromatic rings. The van der Waals surface area contributed by atoms with Crippen molar-refractivity contribution in [2.45, 2.75) is 46.2 Å². The molecule has 0 radical (unpaired) electrons. The van der Waals surface area contributed by atoms with Crippen LogP contribution >= 0.6 is 0 Å². The van der Waals surface area contributed by atoms with E-state index >= 15 is 0 Å². The van der Waals surface area contributed by atoms with Gasteiger partial charge in [0.05, 0.1) is 16.5 Å². The second-order valence-electron chi connectivity index (χ2n) is 9.14. The average Bonchev–Trinajstić information content (AvgIpc) is 3.04. The monoisotopic (exact) mass is 618 g/mol. The second-order valence-corrected chi connectivity index (χ2v) is 10.4. The van der Waals surface area contributed by atoms with E-state index in [0.29, 0.717) is 29.5 Å². The van der Waals surface area contributed by atoms with Crippen LogP contribution in [0.1, 0.15) is 49.2 Å². The van der Waals surface area contributed by atoms with Gasteiger partial charge in [0.15, 0.2) is 5.65 Å². The van der Waals surface area contributed by atoms with E-state index in [-0.39, 0.29) is 22.4 Å². The highest BCUT2D eigenvalue weighted by molar-refractivity contribution is 7.84. The first-order valence-corrected chi connectivity index (χ1v) is 15.9. The highest BCUT2D eigenvalue weighted by Crippen LogP contribution is 2.31. The van der Waals surface area contributed by atoms with Gasteiger partial charge in [-0.3, -0.25) is 18.4 Å². The number of nitrogens with zero attached hydrogens (tertiary/aromatic N) is 3. The molecule has 7 nitrogen and oxygen atoms in total. The molecule has 2 heterocycles. The summed E-state index contributed by atoms with van der Waals surface area (Å²) in [5.41, 5.74) is 1.57. The predicted molar refractivity (Wildman–Crippen MR) is 173 cm³/mol. The highest BCUT2D eigenvalue weighted by atomic mass is 32.2. The van der Waals surface area contributed by atoms with Crippen LogP contribution in [0.25, 0.3) is 28.0 Å². The minimum Gasteiger partial charge on any atom is -0.352 e. The molecule has 1 amide bonds. The smallest absolute Gasteiger partial charge is 0.256 e. The molecule has 5 rings (SSSR count). The molecule has 0 spiro atoms. The van der Waals surface area contributed by atoms with Crippen LogP contribution in [0.5, 0.6) is 0 Å². The van der Waals surface area contributed by atoms with Gasteiger partial charge in [-0.25, -0.2) is 18.7 Å². The number of halogens is 2. The molecule has 0 saturated carbocycles. The Morgan fingerprint density at radius 1 is 0.886 bits per heavy atom. The number of pyridine rings is 1. The Morgan fingerprint density at radius 3 is 2.18 bits per heavy atom. The van der Waals surface area contributed by atoms with Crippen molar-refractivity contribution in [2.75, 3.05) is 12.8 Å². The lowest BCUT2D eigenvalue weighted by molar-refractivity contribution is 0.0954. The quantitative estimate of drug-likeness (QED) is 0.203. The Bertz CT molecular complexity index is 1820. The summed E-state index contributed by atoms with van der Waals surface area (Å²) in [7, 11) is -1.70. The van der Waals surface area contributed by atoms with E-state index in [1.165, 1.54) is 24.5 Å². The number of hydrogen-bond donors (Lipinski definition) is 1. The molecule has 0 aliphatic rings. The number of benzene rings is 3. The number of aryl methyl sites for hydroxylation is 1. The lowest BCUT2D eigenvalue weighted by Crippen LogP contribution is -2.25. The van der Waals surface area contributed by atoms with Gasteiger partial charge in [-0.2, -0.15) is 0 Å². The Kier molecular flexibility index (Phi) is 12.2. The van der Waals surface area contributed by atoms with Crippen molar-refractivity contribution in [1.29, 1.82) is 0 Å². The van der Waals surface area contributed by atoms with E-state index in [9.17, 15) is 22.6 Å². The Hall–Kier alpha value is -4.57. The van der Waals surface area contributed by atoms with Crippen molar-refractivity contribution in [3.05, 3.63) is 118 Å². The van der Waals surface area contributed by atoms with Crippen molar-refractivity contribution in [3.63, 3.8) is 0 Å². The molecule has 0 bridgehead atoms. The minimum atomic E-state index is -1.70. The van der Waals surface area contributed by atoms with Gasteiger partial charge < -0.3 is 5.32 Å². The zero-order valence-electron chi connectivity index (χ0n) is 25.7. The molecule has 1 N–H and O–H groups in total. The number of nitrogens with one attached hydrogen (secondary N) is 1. The molecule has 3 aromatic carbocycles. The van der Waals surface area contributed by atoms with E-state index < -0.39 is 33.7 Å². The first kappa shape index (κ1) is 33.9. The number of para-hydroxylation sites is 1. The summed E-state index contributed by atoms with van der Waals surface area (Å²) >= 11 is 0. The van der Waals surface area contributed by atoms with E-state index in [4.69, 9.17) is 0 Å². The van der Waals surface area contributed by atoms with Gasteiger partial charge in [0, 0.05) is 35.4 Å². The van der Waals surface area contributed by atoms with Gasteiger partial charge in [0.25, 0.3) is 11.5 Å². The van der Waals surface area contributed by atoms with Crippen molar-refractivity contribution < 1.29 is 17.8 Å². The molecule has 0 saturated heterocycles. The molecular formula is C34H36F2N4O3S. The Morgan fingerprint density at radius 2 is 1.55 bits per heavy atom. The van der Waals surface area contributed by atoms with Gasteiger partial charge in [-0.1, -0.05) is 70.2 Å². The third-order valence-corrected chi connectivity index (χ3v) is 7.14. The number of carbonyl (C=O) groups excluding carboxylic acids is 1. The Labute approximate surface area is 258 Å². The van der Waals surface area contributed by atoms with Gasteiger partial charge in [0.1, 0.15) is 17.3 Å². The molecule has 230 valence electrons. The molecule has 10 heteroatoms. The minimum absolute atomic E-state index is 0.108. The standard InChI is InChI=1S/C30H24F2N4O3S.2C2H6/c1-18-11-12-20(29(38)33-16-15-19-7-4-3-5-8-19)17-22(18)26-21-13-14-25(37)36(27-23(31)9-6-10-24(27)32)28(21)35-30(34-26)40(2)39;2*1-2/h3-14,17H,15-16H2,1-2H3,(H,33,38);2*1-2H3. The molecule has 1 atom stereocenters. The maximum absolute atomic E-state index is 14.8. The van der Waals surface area contributed by atoms with Crippen molar-refractivity contribution in [2.24, 2.45) is 0 Å². The van der Waals surface area contributed by atoms with Gasteiger partial charge >= 0.3 is 0 Å². The molecule has 0 fully saturated rings. The van der Waals surface area contributed by atoms with E-state index in [1.807, 2.05) is 65.0 Å². The van der Waals surface area contributed by atoms with Crippen LogP contribution < -0.4 is 10.9 Å². The van der Waals surface area contributed by atoms with Crippen LogP contribution in [0.3, 0.4) is 0 Å². The molecule has 0 aliphatic carbocycles. The number of amides is 1. The van der Waals surface area contributed by atoms with Crippen LogP contribution in [0, 0.1) is 18.6 Å². The summed E-state index contributed by atoms with van der Waals surface area (Å²) in [6, 6.07) is 20.7. The van der Waals surface area contributed by atoms with E-state index in [2.05, 4.69) is 15.3 Å². The van der Waals surface area contributed by atoms with Crippen LogP contribution in [0.15, 0.2) is 88.8 Å². The normalized spacial score (nSPS) is 11.1. The average molecular weight is 619 g/mol. The molecular weight excluding hydrogens is 582 g/mol. The highest BCUT2D eigenvalue weighted by Gasteiger charge is 2.21. The third-order valence-electron chi connectivity index (χ3n) is 6.44. The van der Waals surface area contributed by atoms with Crippen LogP contribution in [0.2, 0.25) is 0 Å². The maximum atomic E-state index is 14.8. The number of hydrogen-bond acceptors (Lipinski definition) is 5. The maximum Gasteiger partial charge on any atom is 0.256 e. The largest absolute Gasteiger partial charge is 0.352 e. The van der Waals surface area contributed by atoms with Gasteiger partial charge in [0.2, 0.25) is 5.16 Å². The summed E-state index contributed by atoms with van der Waals surface area (Å²) in [4.78, 5) is 34.7. The van der Waals surface area contributed by atoms with Crippen LogP contribution in [-0.4, -0.2) is 37.5 Å². The van der Waals surface area contributed by atoms with Crippen molar-refractivity contribution in [1.82, 2.24) is 19.9 Å². The Balaban J connectivity index is 0.00000127. The predicted octanol–water partition coefficient (Wildman–Crippen LogP) is 6.80. The molecule has 2 aromatic heterocycles. The first-order chi connectivity index (χ1) is 21.2. The van der Waals surface area contributed by atoms with Gasteiger partial charge in [-0.15, -0.1) is 0 Å². The summed E-state index contributed by atoms with van der Waals surface area (Å²) in [6.45, 7) is 10.2. The van der Waals surface area contributed by atoms with Crippen LogP contribution in [0.4, 0.5) is 8.78 Å². The van der Waals surface area contributed by atoms with Crippen molar-refractivity contribution in [3.8, 4) is 16.9 Å².